The molecule has 2 N–H and O–H groups in total. The molecule has 1 aliphatic carbocycles. The maximum Gasteiger partial charge on any atom is 0.246 e. The van der Waals surface area contributed by atoms with E-state index in [9.17, 15) is 9.59 Å². The first kappa shape index (κ1) is 22.0. The van der Waals surface area contributed by atoms with Crippen molar-refractivity contribution in [3.63, 3.8) is 0 Å². The number of nitrogens with one attached hydrogen (secondary N) is 2. The minimum absolute atomic E-state index is 0.120. The van der Waals surface area contributed by atoms with E-state index in [0.29, 0.717) is 48.8 Å². The number of aromatic nitrogens is 2. The Hall–Kier alpha value is -3.22. The lowest BCUT2D eigenvalue weighted by Crippen LogP contribution is -2.33. The Morgan fingerprint density at radius 1 is 1.38 bits per heavy atom. The molecule has 1 fully saturated rings. The van der Waals surface area contributed by atoms with Crippen LogP contribution in [0.3, 0.4) is 0 Å². The maximum absolute atomic E-state index is 15.1. The molecule has 2 aliphatic rings. The lowest BCUT2D eigenvalue weighted by Gasteiger charge is -2.26. The average molecular weight is 437 g/mol. The first-order chi connectivity index (χ1) is 15.5. The Balaban J connectivity index is 1.48. The van der Waals surface area contributed by atoms with E-state index in [-0.39, 0.29) is 17.6 Å². The van der Waals surface area contributed by atoms with Gasteiger partial charge < -0.3 is 10.2 Å². The van der Waals surface area contributed by atoms with Crippen LogP contribution in [0.1, 0.15) is 67.7 Å². The minimum atomic E-state index is -0.453. The number of hydrogen-bond acceptors (Lipinski definition) is 3. The van der Waals surface area contributed by atoms with Gasteiger partial charge >= 0.3 is 0 Å². The quantitative estimate of drug-likeness (QED) is 0.586. The van der Waals surface area contributed by atoms with Gasteiger partial charge in [0.25, 0.3) is 0 Å². The molecule has 168 valence electrons. The molecule has 1 aromatic carbocycles. The zero-order valence-corrected chi connectivity index (χ0v) is 18.4. The van der Waals surface area contributed by atoms with Crippen molar-refractivity contribution in [2.75, 3.05) is 18.4 Å². The number of anilines is 1. The number of hydrogen-bond donors (Lipinski definition) is 2. The summed E-state index contributed by atoms with van der Waals surface area (Å²) >= 11 is 0. The molecule has 1 unspecified atom stereocenters. The maximum atomic E-state index is 15.1. The van der Waals surface area contributed by atoms with Crippen molar-refractivity contribution in [3.8, 4) is 0 Å². The number of carbonyl (C=O) groups is 2. The van der Waals surface area contributed by atoms with E-state index >= 15 is 4.39 Å². The van der Waals surface area contributed by atoms with Crippen LogP contribution >= 0.6 is 0 Å². The molecule has 0 saturated heterocycles. The highest BCUT2D eigenvalue weighted by molar-refractivity contribution is 5.95. The zero-order chi connectivity index (χ0) is 22.7. The highest BCUT2D eigenvalue weighted by atomic mass is 19.1. The van der Waals surface area contributed by atoms with Crippen LogP contribution in [0, 0.1) is 5.82 Å². The van der Waals surface area contributed by atoms with Gasteiger partial charge in [-0.2, -0.15) is 5.10 Å². The van der Waals surface area contributed by atoms with Crippen LogP contribution in [-0.4, -0.2) is 40.0 Å². The van der Waals surface area contributed by atoms with Gasteiger partial charge in [-0.3, -0.25) is 14.7 Å². The van der Waals surface area contributed by atoms with Gasteiger partial charge in [-0.05, 0) is 49.0 Å². The third-order valence-electron chi connectivity index (χ3n) is 6.20. The van der Waals surface area contributed by atoms with Gasteiger partial charge in [0.05, 0.1) is 5.92 Å². The molecule has 1 atom stereocenters. The lowest BCUT2D eigenvalue weighted by molar-refractivity contribution is -0.125. The van der Waals surface area contributed by atoms with Gasteiger partial charge in [-0.1, -0.05) is 38.1 Å². The van der Waals surface area contributed by atoms with E-state index in [4.69, 9.17) is 0 Å². The van der Waals surface area contributed by atoms with E-state index in [1.165, 1.54) is 12.1 Å². The van der Waals surface area contributed by atoms with E-state index in [1.807, 2.05) is 25.1 Å². The predicted octanol–water partition coefficient (Wildman–Crippen LogP) is 4.75. The van der Waals surface area contributed by atoms with E-state index in [1.54, 1.807) is 11.0 Å². The van der Waals surface area contributed by atoms with Gasteiger partial charge in [0.2, 0.25) is 11.8 Å². The summed E-state index contributed by atoms with van der Waals surface area (Å²) in [4.78, 5) is 26.4. The largest absolute Gasteiger partial charge is 0.335 e. The molecule has 32 heavy (non-hydrogen) atoms. The van der Waals surface area contributed by atoms with Crippen molar-refractivity contribution < 1.29 is 14.0 Å². The van der Waals surface area contributed by atoms with Crippen LogP contribution in [0.15, 0.2) is 43.0 Å². The first-order valence-corrected chi connectivity index (χ1v) is 11.3. The van der Waals surface area contributed by atoms with Gasteiger partial charge in [-0.25, -0.2) is 4.39 Å². The van der Waals surface area contributed by atoms with Crippen molar-refractivity contribution in [2.24, 2.45) is 0 Å². The van der Waals surface area contributed by atoms with Crippen LogP contribution < -0.4 is 5.32 Å². The van der Waals surface area contributed by atoms with Gasteiger partial charge in [-0.15, -0.1) is 0 Å². The van der Waals surface area contributed by atoms with Crippen molar-refractivity contribution in [3.05, 3.63) is 65.6 Å². The van der Waals surface area contributed by atoms with Crippen molar-refractivity contribution in [1.82, 2.24) is 15.1 Å². The summed E-state index contributed by atoms with van der Waals surface area (Å²) in [5.41, 5.74) is 3.11. The summed E-state index contributed by atoms with van der Waals surface area (Å²) in [6.45, 7) is 6.49. The third-order valence-corrected chi connectivity index (χ3v) is 6.20. The number of halogens is 1. The molecule has 4 rings (SSSR count). The number of benzene rings is 1. The number of carbonyl (C=O) groups excluding carboxylic acids is 2. The highest BCUT2D eigenvalue weighted by Crippen LogP contribution is 2.39. The molecule has 1 aromatic heterocycles. The smallest absolute Gasteiger partial charge is 0.246 e. The monoisotopic (exact) mass is 436 g/mol. The second-order valence-electron chi connectivity index (χ2n) is 8.52. The molecule has 2 amide bonds. The van der Waals surface area contributed by atoms with Crippen LogP contribution in [0.5, 0.6) is 0 Å². The summed E-state index contributed by atoms with van der Waals surface area (Å²) in [7, 11) is 0. The summed E-state index contributed by atoms with van der Waals surface area (Å²) in [5, 5.41) is 10.1. The third kappa shape index (κ3) is 4.82. The van der Waals surface area contributed by atoms with Crippen molar-refractivity contribution in [1.29, 1.82) is 0 Å². The van der Waals surface area contributed by atoms with Crippen LogP contribution in [-0.2, 0) is 9.59 Å². The minimum Gasteiger partial charge on any atom is -0.335 e. The molecule has 2 aromatic rings. The van der Waals surface area contributed by atoms with Crippen molar-refractivity contribution in [2.45, 2.75) is 50.9 Å². The summed E-state index contributed by atoms with van der Waals surface area (Å²) in [6.07, 6.45) is 7.48. The second kappa shape index (κ2) is 9.51. The van der Waals surface area contributed by atoms with E-state index in [0.717, 1.165) is 30.5 Å². The van der Waals surface area contributed by atoms with Crippen molar-refractivity contribution >= 4 is 23.2 Å². The number of amides is 2. The zero-order valence-electron chi connectivity index (χ0n) is 18.4. The molecule has 7 heteroatoms. The van der Waals surface area contributed by atoms with E-state index < -0.39 is 5.92 Å². The normalized spacial score (nSPS) is 16.9. The fourth-order valence-corrected chi connectivity index (χ4v) is 4.21. The molecular weight excluding hydrogens is 407 g/mol. The first-order valence-electron chi connectivity index (χ1n) is 11.3. The Labute approximate surface area is 187 Å². The fourth-order valence-electron chi connectivity index (χ4n) is 4.21. The second-order valence-corrected chi connectivity index (χ2v) is 8.52. The Kier molecular flexibility index (Phi) is 6.53. The molecule has 1 aliphatic heterocycles. The lowest BCUT2D eigenvalue weighted by atomic mass is 9.90. The highest BCUT2D eigenvalue weighted by Gasteiger charge is 2.27. The Morgan fingerprint density at radius 2 is 2.19 bits per heavy atom. The molecular formula is C25H29FN4O2. The molecule has 0 bridgehead atoms. The number of H-pyrrole nitrogens is 1. The predicted molar refractivity (Wildman–Crippen MR) is 123 cm³/mol. The topological polar surface area (TPSA) is 78.1 Å². The Morgan fingerprint density at radius 3 is 2.81 bits per heavy atom. The molecule has 6 nitrogen and oxygen atoms in total. The standard InChI is InChI=1S/C25H29FN4O2/c1-3-5-20(25(32)27-23-15-22(28-29-23)17-6-7-17)18-8-9-19(21(26)14-18)16-10-12-30(13-11-16)24(31)4-2/h4,8-10,14-15,17,20H,2-3,5-7,11-13H2,1H3,(H2,27,28,29,32). The summed E-state index contributed by atoms with van der Waals surface area (Å²) < 4.78 is 15.1. The summed E-state index contributed by atoms with van der Waals surface area (Å²) in [6, 6.07) is 6.94. The van der Waals surface area contributed by atoms with Gasteiger partial charge in [0.1, 0.15) is 5.82 Å². The van der Waals surface area contributed by atoms with Gasteiger partial charge in [0.15, 0.2) is 5.82 Å². The molecule has 0 radical (unpaired) electrons. The number of rotatable bonds is 8. The van der Waals surface area contributed by atoms with Gasteiger partial charge in [0, 0.05) is 36.3 Å². The van der Waals surface area contributed by atoms with Crippen LogP contribution in [0.2, 0.25) is 0 Å². The number of aromatic amines is 1. The fraction of sp³-hybridized carbons (Fsp3) is 0.400. The molecule has 2 heterocycles. The SMILES string of the molecule is C=CC(=O)N1CC=C(c2ccc(C(CCC)C(=O)Nc3cc(C4CC4)[nH]n3)cc2F)CC1. The molecule has 0 spiro atoms. The number of nitrogens with zero attached hydrogens (tertiary/aromatic N) is 2. The Bertz CT molecular complexity index is 1050. The average Bonchev–Trinajstić information content (AvgIpc) is 3.56. The van der Waals surface area contributed by atoms with Crippen LogP contribution in [0.4, 0.5) is 10.2 Å². The van der Waals surface area contributed by atoms with Crippen LogP contribution in [0.25, 0.3) is 5.57 Å². The summed E-state index contributed by atoms with van der Waals surface area (Å²) in [5.74, 6) is -0.0556. The van der Waals surface area contributed by atoms with E-state index in [2.05, 4.69) is 22.1 Å². The molecule has 1 saturated carbocycles.